The van der Waals surface area contributed by atoms with Crippen LogP contribution in [0.1, 0.15) is 21.7 Å². The van der Waals surface area contributed by atoms with Gasteiger partial charge in [-0.25, -0.2) is 9.97 Å². The molecule has 0 unspecified atom stereocenters. The number of amides is 1. The van der Waals surface area contributed by atoms with Gasteiger partial charge in [0.25, 0.3) is 5.91 Å². The highest BCUT2D eigenvalue weighted by Crippen LogP contribution is 2.23. The third-order valence-corrected chi connectivity index (χ3v) is 3.94. The Bertz CT molecular complexity index is 912. The lowest BCUT2D eigenvalue weighted by Crippen LogP contribution is -2.16. The van der Waals surface area contributed by atoms with Crippen molar-refractivity contribution in [3.8, 4) is 0 Å². The molecule has 0 aliphatic heterocycles. The Kier molecular flexibility index (Phi) is 5.71. The van der Waals surface area contributed by atoms with Gasteiger partial charge >= 0.3 is 0 Å². The summed E-state index contributed by atoms with van der Waals surface area (Å²) in [6.07, 6.45) is 0. The molecule has 7 heteroatoms. The second kappa shape index (κ2) is 8.17. The molecule has 1 heterocycles. The number of nitrogens with one attached hydrogen (secondary N) is 2. The van der Waals surface area contributed by atoms with Gasteiger partial charge in [0.15, 0.2) is 0 Å². The van der Waals surface area contributed by atoms with Crippen molar-refractivity contribution in [1.29, 1.82) is 0 Å². The summed E-state index contributed by atoms with van der Waals surface area (Å²) in [4.78, 5) is 21.1. The van der Waals surface area contributed by atoms with Gasteiger partial charge in [0.2, 0.25) is 5.95 Å². The Hall–Kier alpha value is -2.63. The number of anilines is 2. The molecule has 2 N–H and O–H groups in total. The predicted octanol–water partition coefficient (Wildman–Crippen LogP) is 4.96. The molecular formula is C19H16Cl2N4O. The Balaban J connectivity index is 1.74. The van der Waals surface area contributed by atoms with Gasteiger partial charge in [-0.3, -0.25) is 4.79 Å². The zero-order valence-electron chi connectivity index (χ0n) is 14.0. The zero-order valence-corrected chi connectivity index (χ0v) is 15.5. The summed E-state index contributed by atoms with van der Waals surface area (Å²) >= 11 is 11.9. The van der Waals surface area contributed by atoms with Crippen LogP contribution in [0.2, 0.25) is 10.0 Å². The molecule has 0 radical (unpaired) electrons. The fraction of sp³-hybridized carbons (Fsp3) is 0.105. The summed E-state index contributed by atoms with van der Waals surface area (Å²) in [7, 11) is 0. The van der Waals surface area contributed by atoms with E-state index < -0.39 is 0 Å². The lowest BCUT2D eigenvalue weighted by Gasteiger charge is -2.09. The molecule has 0 saturated heterocycles. The summed E-state index contributed by atoms with van der Waals surface area (Å²) in [5, 5.41) is 6.76. The van der Waals surface area contributed by atoms with Gasteiger partial charge in [-0.2, -0.15) is 0 Å². The number of benzene rings is 2. The van der Waals surface area contributed by atoms with Crippen molar-refractivity contribution in [3.63, 3.8) is 0 Å². The van der Waals surface area contributed by atoms with Crippen LogP contribution in [0.4, 0.5) is 11.6 Å². The Morgan fingerprint density at radius 3 is 2.38 bits per heavy atom. The van der Waals surface area contributed by atoms with Crippen molar-refractivity contribution in [2.45, 2.75) is 13.5 Å². The number of carbonyl (C=O) groups excluding carboxylic acids is 1. The fourth-order valence-corrected chi connectivity index (χ4v) is 2.89. The lowest BCUT2D eigenvalue weighted by molar-refractivity contribution is 0.102. The quantitative estimate of drug-likeness (QED) is 0.650. The van der Waals surface area contributed by atoms with Gasteiger partial charge in [0.1, 0.15) is 5.69 Å². The van der Waals surface area contributed by atoms with E-state index in [2.05, 4.69) is 20.6 Å². The Labute approximate surface area is 161 Å². The highest BCUT2D eigenvalue weighted by atomic mass is 35.5. The number of hydrogen-bond donors (Lipinski definition) is 2. The number of hydrogen-bond acceptors (Lipinski definition) is 4. The molecule has 0 aliphatic carbocycles. The zero-order chi connectivity index (χ0) is 18.5. The molecule has 0 atom stereocenters. The number of nitrogens with zero attached hydrogens (tertiary/aromatic N) is 2. The highest BCUT2D eigenvalue weighted by Gasteiger charge is 2.12. The third kappa shape index (κ3) is 4.94. The van der Waals surface area contributed by atoms with Crippen molar-refractivity contribution in [2.24, 2.45) is 0 Å². The van der Waals surface area contributed by atoms with Crippen LogP contribution in [0.5, 0.6) is 0 Å². The minimum absolute atomic E-state index is 0.254. The standard InChI is InChI=1S/C19H16Cl2N4O/c1-12-7-17(18(26)24-16-9-14(20)8-15(21)10-16)25-19(23-12)22-11-13-5-3-2-4-6-13/h2-10H,11H2,1H3,(H,24,26)(H,22,23,25). The van der Waals surface area contributed by atoms with Gasteiger partial charge < -0.3 is 10.6 Å². The van der Waals surface area contributed by atoms with Crippen LogP contribution < -0.4 is 10.6 Å². The van der Waals surface area contributed by atoms with Crippen LogP contribution in [0.15, 0.2) is 54.6 Å². The van der Waals surface area contributed by atoms with Crippen LogP contribution in [0.3, 0.4) is 0 Å². The van der Waals surface area contributed by atoms with E-state index in [1.165, 1.54) is 0 Å². The van der Waals surface area contributed by atoms with Crippen LogP contribution in [-0.2, 0) is 6.54 Å². The first kappa shape index (κ1) is 18.2. The minimum atomic E-state index is -0.364. The second-order valence-electron chi connectivity index (χ2n) is 5.67. The first-order valence-corrected chi connectivity index (χ1v) is 8.66. The van der Waals surface area contributed by atoms with Crippen molar-refractivity contribution in [3.05, 3.63) is 81.6 Å². The van der Waals surface area contributed by atoms with Gasteiger partial charge in [-0.05, 0) is 36.8 Å². The van der Waals surface area contributed by atoms with Crippen LogP contribution in [0.25, 0.3) is 0 Å². The number of carbonyl (C=O) groups is 1. The van der Waals surface area contributed by atoms with Gasteiger partial charge in [0.05, 0.1) is 0 Å². The Morgan fingerprint density at radius 1 is 1.00 bits per heavy atom. The van der Waals surface area contributed by atoms with Gasteiger partial charge in [-0.1, -0.05) is 53.5 Å². The molecule has 5 nitrogen and oxygen atoms in total. The van der Waals surface area contributed by atoms with Crippen LogP contribution in [-0.4, -0.2) is 15.9 Å². The summed E-state index contributed by atoms with van der Waals surface area (Å²) in [5.41, 5.74) is 2.54. The molecule has 3 aromatic rings. The van der Waals surface area contributed by atoms with E-state index >= 15 is 0 Å². The van der Waals surface area contributed by atoms with E-state index in [9.17, 15) is 4.79 Å². The lowest BCUT2D eigenvalue weighted by atomic mass is 10.2. The van der Waals surface area contributed by atoms with E-state index in [0.29, 0.717) is 33.9 Å². The monoisotopic (exact) mass is 386 g/mol. The summed E-state index contributed by atoms with van der Waals surface area (Å²) < 4.78 is 0. The molecular weight excluding hydrogens is 371 g/mol. The largest absolute Gasteiger partial charge is 0.350 e. The fourth-order valence-electron chi connectivity index (χ4n) is 2.36. The maximum absolute atomic E-state index is 12.5. The molecule has 26 heavy (non-hydrogen) atoms. The Morgan fingerprint density at radius 2 is 1.69 bits per heavy atom. The first-order valence-electron chi connectivity index (χ1n) is 7.90. The molecule has 2 aromatic carbocycles. The highest BCUT2D eigenvalue weighted by molar-refractivity contribution is 6.35. The summed E-state index contributed by atoms with van der Waals surface area (Å²) in [6.45, 7) is 2.37. The minimum Gasteiger partial charge on any atom is -0.350 e. The number of aryl methyl sites for hydroxylation is 1. The number of aromatic nitrogens is 2. The summed E-state index contributed by atoms with van der Waals surface area (Å²) in [5.74, 6) is 0.0275. The van der Waals surface area contributed by atoms with Crippen molar-refractivity contribution < 1.29 is 4.79 Å². The molecule has 0 aliphatic rings. The van der Waals surface area contributed by atoms with E-state index in [4.69, 9.17) is 23.2 Å². The molecule has 0 spiro atoms. The van der Waals surface area contributed by atoms with E-state index in [0.717, 1.165) is 5.56 Å². The van der Waals surface area contributed by atoms with E-state index in [-0.39, 0.29) is 11.6 Å². The van der Waals surface area contributed by atoms with E-state index in [1.54, 1.807) is 24.3 Å². The van der Waals surface area contributed by atoms with E-state index in [1.807, 2.05) is 37.3 Å². The predicted molar refractivity (Wildman–Crippen MR) is 105 cm³/mol. The molecule has 0 saturated carbocycles. The number of halogens is 2. The van der Waals surface area contributed by atoms with Crippen LogP contribution >= 0.6 is 23.2 Å². The molecule has 132 valence electrons. The molecule has 1 amide bonds. The summed E-state index contributed by atoms with van der Waals surface area (Å²) in [6, 6.07) is 16.3. The van der Waals surface area contributed by atoms with Crippen molar-refractivity contribution >= 4 is 40.7 Å². The maximum atomic E-state index is 12.5. The van der Waals surface area contributed by atoms with Crippen molar-refractivity contribution in [2.75, 3.05) is 10.6 Å². The van der Waals surface area contributed by atoms with Crippen molar-refractivity contribution in [1.82, 2.24) is 9.97 Å². The topological polar surface area (TPSA) is 66.9 Å². The molecule has 1 aromatic heterocycles. The second-order valence-corrected chi connectivity index (χ2v) is 6.54. The maximum Gasteiger partial charge on any atom is 0.274 e. The molecule has 0 bridgehead atoms. The number of rotatable bonds is 5. The average Bonchev–Trinajstić information content (AvgIpc) is 2.59. The molecule has 0 fully saturated rings. The SMILES string of the molecule is Cc1cc(C(=O)Nc2cc(Cl)cc(Cl)c2)nc(NCc2ccccc2)n1. The molecule has 3 rings (SSSR count). The third-order valence-electron chi connectivity index (χ3n) is 3.50. The smallest absolute Gasteiger partial charge is 0.274 e. The normalized spacial score (nSPS) is 10.4. The average molecular weight is 387 g/mol. The van der Waals surface area contributed by atoms with Gasteiger partial charge in [-0.15, -0.1) is 0 Å². The van der Waals surface area contributed by atoms with Crippen LogP contribution in [0, 0.1) is 6.92 Å². The van der Waals surface area contributed by atoms with Gasteiger partial charge in [0, 0.05) is 28.0 Å². The first-order chi connectivity index (χ1) is 12.5.